The molecule has 4 aromatic rings. The lowest BCUT2D eigenvalue weighted by atomic mass is 9.99. The molecule has 1 aromatic carbocycles. The van der Waals surface area contributed by atoms with E-state index in [1.54, 1.807) is 6.20 Å². The zero-order valence-electron chi connectivity index (χ0n) is 15.2. The number of benzene rings is 1. The molecule has 5 nitrogen and oxygen atoms in total. The van der Waals surface area contributed by atoms with Crippen molar-refractivity contribution < 1.29 is 5.11 Å². The van der Waals surface area contributed by atoms with Crippen molar-refractivity contribution in [3.8, 4) is 5.75 Å². The number of phenols is 1. The predicted molar refractivity (Wildman–Crippen MR) is 107 cm³/mol. The number of hydrogen-bond donors (Lipinski definition) is 2. The molecular formula is C22H20N4O. The first-order chi connectivity index (χ1) is 13.1. The van der Waals surface area contributed by atoms with Crippen LogP contribution in [0.2, 0.25) is 0 Å². The molecule has 2 N–H and O–H groups in total. The lowest BCUT2D eigenvalue weighted by molar-refractivity contribution is 0.471. The average molecular weight is 356 g/mol. The van der Waals surface area contributed by atoms with Crippen LogP contribution in [0.15, 0.2) is 66.9 Å². The molecule has 0 fully saturated rings. The summed E-state index contributed by atoms with van der Waals surface area (Å²) in [5.74, 6) is 0.884. The van der Waals surface area contributed by atoms with Gasteiger partial charge in [-0.25, -0.2) is 9.97 Å². The van der Waals surface area contributed by atoms with Crippen LogP contribution in [0.4, 0.5) is 5.82 Å². The summed E-state index contributed by atoms with van der Waals surface area (Å²) in [5.41, 5.74) is 3.87. The summed E-state index contributed by atoms with van der Waals surface area (Å²) in [5, 5.41) is 15.3. The molecule has 0 spiro atoms. The summed E-state index contributed by atoms with van der Waals surface area (Å²) < 4.78 is 0. The number of pyridine rings is 3. The van der Waals surface area contributed by atoms with Gasteiger partial charge < -0.3 is 10.4 Å². The quantitative estimate of drug-likeness (QED) is 0.561. The van der Waals surface area contributed by atoms with Crippen LogP contribution in [0.1, 0.15) is 28.7 Å². The van der Waals surface area contributed by atoms with Crippen LogP contribution >= 0.6 is 0 Å². The smallest absolute Gasteiger partial charge is 0.147 e. The van der Waals surface area contributed by atoms with Gasteiger partial charge in [0.25, 0.3) is 0 Å². The fourth-order valence-electron chi connectivity index (χ4n) is 3.15. The summed E-state index contributed by atoms with van der Waals surface area (Å²) in [7, 11) is 0. The number of hydrogen-bond acceptors (Lipinski definition) is 5. The number of phenolic OH excluding ortho intramolecular Hbond substituents is 1. The van der Waals surface area contributed by atoms with Gasteiger partial charge in [-0.2, -0.15) is 0 Å². The molecule has 0 aliphatic heterocycles. The number of fused-ring (bicyclic) bond motifs is 1. The van der Waals surface area contributed by atoms with E-state index in [-0.39, 0.29) is 11.8 Å². The number of rotatable bonds is 4. The highest BCUT2D eigenvalue weighted by Crippen LogP contribution is 2.35. The number of aryl methyl sites for hydroxylation is 2. The largest absolute Gasteiger partial charge is 0.505 e. The van der Waals surface area contributed by atoms with Gasteiger partial charge in [-0.15, -0.1) is 0 Å². The zero-order chi connectivity index (χ0) is 18.8. The molecule has 0 amide bonds. The number of aromatic hydroxyl groups is 1. The molecule has 4 rings (SSSR count). The van der Waals surface area contributed by atoms with E-state index in [1.165, 1.54) is 0 Å². The van der Waals surface area contributed by atoms with Gasteiger partial charge >= 0.3 is 0 Å². The van der Waals surface area contributed by atoms with E-state index in [2.05, 4.69) is 20.3 Å². The number of anilines is 1. The topological polar surface area (TPSA) is 70.9 Å². The van der Waals surface area contributed by atoms with Crippen LogP contribution in [0.5, 0.6) is 5.75 Å². The van der Waals surface area contributed by atoms with Crippen molar-refractivity contribution in [1.29, 1.82) is 0 Å². The minimum absolute atomic E-state index is 0.159. The Morgan fingerprint density at radius 1 is 0.852 bits per heavy atom. The van der Waals surface area contributed by atoms with Gasteiger partial charge in [-0.3, -0.25) is 4.98 Å². The Morgan fingerprint density at radius 2 is 1.67 bits per heavy atom. The molecule has 0 saturated carbocycles. The van der Waals surface area contributed by atoms with E-state index in [1.807, 2.05) is 74.5 Å². The highest BCUT2D eigenvalue weighted by Gasteiger charge is 2.21. The Morgan fingerprint density at radius 3 is 2.44 bits per heavy atom. The van der Waals surface area contributed by atoms with Crippen molar-refractivity contribution in [3.63, 3.8) is 0 Å². The van der Waals surface area contributed by atoms with E-state index in [4.69, 9.17) is 0 Å². The first-order valence-electron chi connectivity index (χ1n) is 8.82. The first-order valence-corrected chi connectivity index (χ1v) is 8.82. The van der Waals surface area contributed by atoms with Crippen LogP contribution in [0.25, 0.3) is 10.9 Å². The molecule has 5 heteroatoms. The molecule has 134 valence electrons. The average Bonchev–Trinajstić information content (AvgIpc) is 2.68. The third-order valence-corrected chi connectivity index (χ3v) is 4.48. The molecule has 0 aliphatic carbocycles. The summed E-state index contributed by atoms with van der Waals surface area (Å²) in [6.07, 6.45) is 1.74. The van der Waals surface area contributed by atoms with Crippen LogP contribution < -0.4 is 5.32 Å². The monoisotopic (exact) mass is 356 g/mol. The van der Waals surface area contributed by atoms with Crippen molar-refractivity contribution in [2.75, 3.05) is 5.32 Å². The molecule has 1 atom stereocenters. The van der Waals surface area contributed by atoms with E-state index >= 15 is 0 Å². The van der Waals surface area contributed by atoms with Gasteiger partial charge in [-0.05, 0) is 44.2 Å². The van der Waals surface area contributed by atoms with Crippen molar-refractivity contribution in [1.82, 2.24) is 15.0 Å². The van der Waals surface area contributed by atoms with Crippen molar-refractivity contribution in [2.24, 2.45) is 0 Å². The number of nitrogens with zero attached hydrogens (tertiary/aromatic N) is 3. The van der Waals surface area contributed by atoms with Crippen molar-refractivity contribution in [3.05, 3.63) is 89.5 Å². The van der Waals surface area contributed by atoms with Gasteiger partial charge in [0.1, 0.15) is 17.1 Å². The maximum atomic E-state index is 11.0. The lowest BCUT2D eigenvalue weighted by Gasteiger charge is -2.21. The minimum Gasteiger partial charge on any atom is -0.505 e. The first kappa shape index (κ1) is 17.0. The maximum Gasteiger partial charge on any atom is 0.147 e. The van der Waals surface area contributed by atoms with Crippen LogP contribution in [-0.4, -0.2) is 20.1 Å². The summed E-state index contributed by atoms with van der Waals surface area (Å²) in [4.78, 5) is 13.5. The fourth-order valence-corrected chi connectivity index (χ4v) is 3.15. The Kier molecular flexibility index (Phi) is 4.42. The summed E-state index contributed by atoms with van der Waals surface area (Å²) >= 11 is 0. The molecule has 0 saturated heterocycles. The molecule has 0 aliphatic rings. The number of aromatic nitrogens is 3. The highest BCUT2D eigenvalue weighted by molar-refractivity contribution is 5.86. The van der Waals surface area contributed by atoms with E-state index in [0.29, 0.717) is 11.1 Å². The van der Waals surface area contributed by atoms with Gasteiger partial charge in [0.05, 0.1) is 11.7 Å². The van der Waals surface area contributed by atoms with Crippen LogP contribution in [0, 0.1) is 13.8 Å². The minimum atomic E-state index is -0.354. The maximum absolute atomic E-state index is 11.0. The second kappa shape index (κ2) is 7.03. The molecule has 27 heavy (non-hydrogen) atoms. The van der Waals surface area contributed by atoms with E-state index < -0.39 is 0 Å². The molecular weight excluding hydrogens is 336 g/mol. The zero-order valence-corrected chi connectivity index (χ0v) is 15.2. The van der Waals surface area contributed by atoms with Crippen molar-refractivity contribution in [2.45, 2.75) is 19.9 Å². The van der Waals surface area contributed by atoms with Gasteiger partial charge in [-0.1, -0.05) is 30.3 Å². The molecule has 0 unspecified atom stereocenters. The Balaban J connectivity index is 1.86. The van der Waals surface area contributed by atoms with Crippen LogP contribution in [-0.2, 0) is 0 Å². The highest BCUT2D eigenvalue weighted by atomic mass is 16.3. The standard InChI is InChI=1S/C22H20N4O/c1-14-6-5-8-19(24-14)26-21(18-7-3-4-13-23-18)17-12-11-16-10-9-15(2)25-20(16)22(17)27/h3-13,21,27H,1-2H3,(H,24,26)/t21-/m0/s1. The summed E-state index contributed by atoms with van der Waals surface area (Å²) in [6, 6.07) is 19.0. The molecule has 3 aromatic heterocycles. The SMILES string of the molecule is Cc1cccc(N[C@H](c2ccccn2)c2ccc3ccc(C)nc3c2O)n1. The summed E-state index contributed by atoms with van der Waals surface area (Å²) in [6.45, 7) is 3.86. The Bertz CT molecular complexity index is 1100. The molecule has 0 bridgehead atoms. The Labute approximate surface area is 157 Å². The second-order valence-corrected chi connectivity index (χ2v) is 6.52. The van der Waals surface area contributed by atoms with Gasteiger partial charge in [0, 0.05) is 28.5 Å². The Hall–Kier alpha value is -3.47. The molecule has 3 heterocycles. The van der Waals surface area contributed by atoms with E-state index in [9.17, 15) is 5.11 Å². The van der Waals surface area contributed by atoms with Gasteiger partial charge in [0.15, 0.2) is 0 Å². The molecule has 0 radical (unpaired) electrons. The van der Waals surface area contributed by atoms with E-state index in [0.717, 1.165) is 28.3 Å². The normalized spacial score (nSPS) is 12.1. The lowest BCUT2D eigenvalue weighted by Crippen LogP contribution is -2.15. The third kappa shape index (κ3) is 3.44. The number of nitrogens with one attached hydrogen (secondary N) is 1. The predicted octanol–water partition coefficient (Wildman–Crippen LogP) is 4.55. The third-order valence-electron chi connectivity index (χ3n) is 4.48. The second-order valence-electron chi connectivity index (χ2n) is 6.52. The van der Waals surface area contributed by atoms with Crippen LogP contribution in [0.3, 0.4) is 0 Å². The van der Waals surface area contributed by atoms with Crippen molar-refractivity contribution >= 4 is 16.7 Å². The fraction of sp³-hybridized carbons (Fsp3) is 0.136. The van der Waals surface area contributed by atoms with Gasteiger partial charge in [0.2, 0.25) is 0 Å².